The van der Waals surface area contributed by atoms with E-state index in [1.54, 1.807) is 6.92 Å². The highest BCUT2D eigenvalue weighted by molar-refractivity contribution is 5.58. The van der Waals surface area contributed by atoms with Gasteiger partial charge in [-0.25, -0.2) is 4.79 Å². The Morgan fingerprint density at radius 2 is 2.20 bits per heavy atom. The number of nitrogens with zero attached hydrogens (tertiary/aromatic N) is 2. The molecule has 2 heterocycles. The van der Waals surface area contributed by atoms with Crippen LogP contribution < -0.4 is 11.2 Å². The summed E-state index contributed by atoms with van der Waals surface area (Å²) in [6, 6.07) is 1.33. The van der Waals surface area contributed by atoms with Crippen molar-refractivity contribution in [3.8, 4) is 11.3 Å². The van der Waals surface area contributed by atoms with Crippen molar-refractivity contribution >= 4 is 0 Å². The minimum atomic E-state index is -0.460. The Morgan fingerprint density at radius 1 is 1.47 bits per heavy atom. The van der Waals surface area contributed by atoms with E-state index in [1.165, 1.54) is 19.3 Å². The quantitative estimate of drug-likeness (QED) is 0.715. The number of rotatable bonds is 1. The standard InChI is InChI=1S/C9H9N3O3/c1-5-6(4-10-15-5)7-3-8(13)12(2)9(14)11-7/h3-4H,1-2H3,(H,11,14). The topological polar surface area (TPSA) is 80.9 Å². The van der Waals surface area contributed by atoms with Gasteiger partial charge < -0.3 is 9.51 Å². The first-order valence-corrected chi connectivity index (χ1v) is 4.31. The highest BCUT2D eigenvalue weighted by Crippen LogP contribution is 2.17. The highest BCUT2D eigenvalue weighted by Gasteiger charge is 2.08. The van der Waals surface area contributed by atoms with Crippen LogP contribution >= 0.6 is 0 Å². The van der Waals surface area contributed by atoms with Crippen molar-refractivity contribution < 1.29 is 4.52 Å². The van der Waals surface area contributed by atoms with Gasteiger partial charge >= 0.3 is 5.69 Å². The first kappa shape index (κ1) is 9.45. The number of nitrogens with one attached hydrogen (secondary N) is 1. The molecule has 0 radical (unpaired) electrons. The molecular formula is C9H9N3O3. The van der Waals surface area contributed by atoms with Crippen molar-refractivity contribution in [2.24, 2.45) is 7.05 Å². The lowest BCUT2D eigenvalue weighted by atomic mass is 10.2. The van der Waals surface area contributed by atoms with E-state index in [2.05, 4.69) is 10.1 Å². The molecule has 0 aromatic carbocycles. The fourth-order valence-electron chi connectivity index (χ4n) is 1.26. The summed E-state index contributed by atoms with van der Waals surface area (Å²) in [6.07, 6.45) is 1.46. The van der Waals surface area contributed by atoms with Crippen LogP contribution in [-0.4, -0.2) is 14.7 Å². The zero-order chi connectivity index (χ0) is 11.0. The number of hydrogen-bond acceptors (Lipinski definition) is 4. The van der Waals surface area contributed by atoms with Gasteiger partial charge in [-0.1, -0.05) is 5.16 Å². The lowest BCUT2D eigenvalue weighted by Crippen LogP contribution is -2.32. The highest BCUT2D eigenvalue weighted by atomic mass is 16.5. The van der Waals surface area contributed by atoms with Gasteiger partial charge in [-0.3, -0.25) is 9.36 Å². The van der Waals surface area contributed by atoms with E-state index in [9.17, 15) is 9.59 Å². The summed E-state index contributed by atoms with van der Waals surface area (Å²) >= 11 is 0. The van der Waals surface area contributed by atoms with Crippen molar-refractivity contribution in [2.45, 2.75) is 6.92 Å². The van der Waals surface area contributed by atoms with Crippen molar-refractivity contribution in [1.29, 1.82) is 0 Å². The average Bonchev–Trinajstić information content (AvgIpc) is 2.60. The zero-order valence-corrected chi connectivity index (χ0v) is 8.27. The molecule has 2 rings (SSSR count). The molecule has 0 aliphatic heterocycles. The third-order valence-corrected chi connectivity index (χ3v) is 2.19. The van der Waals surface area contributed by atoms with E-state index in [0.717, 1.165) is 4.57 Å². The number of H-pyrrole nitrogens is 1. The van der Waals surface area contributed by atoms with E-state index in [-0.39, 0.29) is 5.56 Å². The fourth-order valence-corrected chi connectivity index (χ4v) is 1.26. The average molecular weight is 207 g/mol. The van der Waals surface area contributed by atoms with E-state index in [4.69, 9.17) is 4.52 Å². The fraction of sp³-hybridized carbons (Fsp3) is 0.222. The maximum absolute atomic E-state index is 11.4. The first-order chi connectivity index (χ1) is 7.09. The third kappa shape index (κ3) is 1.50. The van der Waals surface area contributed by atoms with Crippen LogP contribution in [0.2, 0.25) is 0 Å². The Bertz CT molecular complexity index is 574. The summed E-state index contributed by atoms with van der Waals surface area (Å²) in [7, 11) is 1.41. The summed E-state index contributed by atoms with van der Waals surface area (Å²) in [4.78, 5) is 25.2. The maximum atomic E-state index is 11.4. The van der Waals surface area contributed by atoms with Crippen LogP contribution in [-0.2, 0) is 7.05 Å². The lowest BCUT2D eigenvalue weighted by molar-refractivity contribution is 0.398. The molecule has 0 atom stereocenters. The summed E-state index contributed by atoms with van der Waals surface area (Å²) in [5.41, 5.74) is 0.208. The van der Waals surface area contributed by atoms with Gasteiger partial charge in [-0.2, -0.15) is 0 Å². The molecule has 6 nitrogen and oxygen atoms in total. The van der Waals surface area contributed by atoms with Crippen molar-refractivity contribution in [2.75, 3.05) is 0 Å². The van der Waals surface area contributed by atoms with Gasteiger partial charge in [0.05, 0.1) is 17.5 Å². The molecule has 0 amide bonds. The maximum Gasteiger partial charge on any atom is 0.328 e. The summed E-state index contributed by atoms with van der Waals surface area (Å²) in [5, 5.41) is 3.57. The molecule has 15 heavy (non-hydrogen) atoms. The summed E-state index contributed by atoms with van der Waals surface area (Å²) in [5.74, 6) is 0.555. The van der Waals surface area contributed by atoms with Gasteiger partial charge in [-0.05, 0) is 6.92 Å². The molecular weight excluding hydrogens is 198 g/mol. The normalized spacial score (nSPS) is 10.5. The third-order valence-electron chi connectivity index (χ3n) is 2.19. The van der Waals surface area contributed by atoms with E-state index in [1.807, 2.05) is 0 Å². The minimum Gasteiger partial charge on any atom is -0.361 e. The molecule has 2 aromatic rings. The predicted octanol–water partition coefficient (Wildman–Crippen LogP) is 0.0370. The number of aromatic amines is 1. The Hall–Kier alpha value is -2.11. The van der Waals surface area contributed by atoms with E-state index >= 15 is 0 Å². The van der Waals surface area contributed by atoms with Crippen LogP contribution in [0.3, 0.4) is 0 Å². The van der Waals surface area contributed by atoms with Crippen molar-refractivity contribution in [1.82, 2.24) is 14.7 Å². The molecule has 0 aliphatic rings. The first-order valence-electron chi connectivity index (χ1n) is 4.31. The second kappa shape index (κ2) is 3.23. The van der Waals surface area contributed by atoms with Crippen LogP contribution in [0.25, 0.3) is 11.3 Å². The zero-order valence-electron chi connectivity index (χ0n) is 8.27. The van der Waals surface area contributed by atoms with E-state index in [0.29, 0.717) is 17.0 Å². The molecule has 0 saturated heterocycles. The Balaban J connectivity index is 2.71. The van der Waals surface area contributed by atoms with Crippen LogP contribution in [0, 0.1) is 6.92 Å². The number of hydrogen-bond donors (Lipinski definition) is 1. The largest absolute Gasteiger partial charge is 0.361 e. The molecule has 0 saturated carbocycles. The van der Waals surface area contributed by atoms with Crippen LogP contribution in [0.15, 0.2) is 26.4 Å². The van der Waals surface area contributed by atoms with Crippen molar-refractivity contribution in [3.63, 3.8) is 0 Å². The second-order valence-electron chi connectivity index (χ2n) is 3.18. The summed E-state index contributed by atoms with van der Waals surface area (Å²) < 4.78 is 5.84. The predicted molar refractivity (Wildman–Crippen MR) is 52.5 cm³/mol. The molecule has 1 N–H and O–H groups in total. The number of aryl methyl sites for hydroxylation is 1. The molecule has 0 unspecified atom stereocenters. The van der Waals surface area contributed by atoms with Gasteiger partial charge in [0.15, 0.2) is 0 Å². The Labute approximate surface area is 84.2 Å². The second-order valence-corrected chi connectivity index (χ2v) is 3.18. The minimum absolute atomic E-state index is 0.366. The lowest BCUT2D eigenvalue weighted by Gasteiger charge is -1.99. The molecule has 2 aromatic heterocycles. The van der Waals surface area contributed by atoms with Gasteiger partial charge in [0, 0.05) is 13.1 Å². The Kier molecular flexibility index (Phi) is 2.03. The van der Waals surface area contributed by atoms with Gasteiger partial charge in [-0.15, -0.1) is 0 Å². The van der Waals surface area contributed by atoms with Crippen LogP contribution in [0.1, 0.15) is 5.76 Å². The molecule has 6 heteroatoms. The molecule has 0 bridgehead atoms. The van der Waals surface area contributed by atoms with Crippen molar-refractivity contribution in [3.05, 3.63) is 38.9 Å². The monoisotopic (exact) mass is 207 g/mol. The van der Waals surface area contributed by atoms with Crippen LogP contribution in [0.4, 0.5) is 0 Å². The molecule has 0 fully saturated rings. The van der Waals surface area contributed by atoms with Gasteiger partial charge in [0.2, 0.25) is 0 Å². The van der Waals surface area contributed by atoms with Gasteiger partial charge in [0.25, 0.3) is 5.56 Å². The van der Waals surface area contributed by atoms with E-state index < -0.39 is 5.69 Å². The Morgan fingerprint density at radius 3 is 2.73 bits per heavy atom. The number of aromatic nitrogens is 3. The van der Waals surface area contributed by atoms with Gasteiger partial charge in [0.1, 0.15) is 5.76 Å². The van der Waals surface area contributed by atoms with Crippen LogP contribution in [0.5, 0.6) is 0 Å². The molecule has 0 spiro atoms. The SMILES string of the molecule is Cc1oncc1-c1cc(=O)n(C)c(=O)[nH]1. The summed E-state index contributed by atoms with van der Waals surface area (Å²) in [6.45, 7) is 1.71. The smallest absolute Gasteiger partial charge is 0.328 e. The molecule has 78 valence electrons. The molecule has 0 aliphatic carbocycles.